The van der Waals surface area contributed by atoms with Gasteiger partial charge < -0.3 is 4.74 Å². The maximum Gasteiger partial charge on any atom is 0.0634 e. The zero-order valence-electron chi connectivity index (χ0n) is 12.1. The lowest BCUT2D eigenvalue weighted by molar-refractivity contribution is 0.0520. The van der Waals surface area contributed by atoms with E-state index in [1.54, 1.807) is 0 Å². The minimum absolute atomic E-state index is 0.484. The second kappa shape index (κ2) is 7.74. The lowest BCUT2D eigenvalue weighted by Gasteiger charge is -2.36. The molecule has 0 aliphatic heterocycles. The first-order valence-corrected chi connectivity index (χ1v) is 8.03. The Bertz CT molecular complexity index is 207. The maximum atomic E-state index is 5.53. The molecule has 1 aliphatic rings. The molecule has 1 rings (SSSR count). The third-order valence-corrected chi connectivity index (χ3v) is 5.50. The molecule has 0 heterocycles. The average molecular weight is 258 g/mol. The first-order chi connectivity index (χ1) is 8.08. The Balaban J connectivity index is 2.31. The summed E-state index contributed by atoms with van der Waals surface area (Å²) in [5.41, 5.74) is 0.671. The van der Waals surface area contributed by atoms with Crippen molar-refractivity contribution in [1.82, 2.24) is 0 Å². The predicted molar refractivity (Wildman–Crippen MR) is 79.5 cm³/mol. The summed E-state index contributed by atoms with van der Waals surface area (Å²) in [7, 11) is 4.85. The van der Waals surface area contributed by atoms with Crippen LogP contribution in [-0.2, 0) is 4.74 Å². The molecule has 0 amide bonds. The number of hydrogen-bond acceptors (Lipinski definition) is 1. The molecule has 1 saturated carbocycles. The minimum Gasteiger partial charge on any atom is -0.381 e. The molecule has 6 atom stereocenters. The highest BCUT2D eigenvalue weighted by Gasteiger charge is 2.30. The molecular weight excluding hydrogens is 227 g/mol. The zero-order chi connectivity index (χ0) is 12.8. The van der Waals surface area contributed by atoms with Gasteiger partial charge in [-0.05, 0) is 37.0 Å². The van der Waals surface area contributed by atoms with Crippen molar-refractivity contribution in [2.75, 3.05) is 7.11 Å². The first-order valence-electron chi connectivity index (χ1n) is 7.36. The van der Waals surface area contributed by atoms with Gasteiger partial charge in [-0.2, -0.15) is 0 Å². The van der Waals surface area contributed by atoms with Crippen LogP contribution in [0.25, 0.3) is 0 Å². The van der Waals surface area contributed by atoms with Gasteiger partial charge in [0.15, 0.2) is 0 Å². The van der Waals surface area contributed by atoms with Crippen LogP contribution in [0.5, 0.6) is 0 Å². The van der Waals surface area contributed by atoms with Crippen molar-refractivity contribution in [2.45, 2.75) is 71.1 Å². The molecule has 0 N–H and O–H groups in total. The summed E-state index contributed by atoms with van der Waals surface area (Å²) in [5.74, 6) is 2.72. The van der Waals surface area contributed by atoms with Gasteiger partial charge >= 0.3 is 0 Å². The summed E-state index contributed by atoms with van der Waals surface area (Å²) >= 11 is 0. The van der Waals surface area contributed by atoms with Gasteiger partial charge in [-0.15, -0.1) is 9.24 Å². The van der Waals surface area contributed by atoms with E-state index in [0.717, 1.165) is 17.8 Å². The monoisotopic (exact) mass is 258 g/mol. The highest BCUT2D eigenvalue weighted by atomic mass is 31.0. The molecule has 0 radical (unpaired) electrons. The van der Waals surface area contributed by atoms with E-state index in [2.05, 4.69) is 30.0 Å². The zero-order valence-corrected chi connectivity index (χ0v) is 13.3. The van der Waals surface area contributed by atoms with Crippen LogP contribution in [0.15, 0.2) is 0 Å². The van der Waals surface area contributed by atoms with Crippen LogP contribution in [0, 0.1) is 17.8 Å². The van der Waals surface area contributed by atoms with Crippen molar-refractivity contribution >= 4 is 9.24 Å². The van der Waals surface area contributed by atoms with E-state index in [1.807, 2.05) is 7.11 Å². The summed E-state index contributed by atoms with van der Waals surface area (Å²) in [6.07, 6.45) is 8.59. The molecule has 2 heteroatoms. The smallest absolute Gasteiger partial charge is 0.0634 e. The molecular formula is C15H31OP. The first kappa shape index (κ1) is 15.4. The Hall–Kier alpha value is 0.390. The SMILES string of the molecule is CCC(C)CCC(C)C1CCC(OC)C(P)C1. The highest BCUT2D eigenvalue weighted by molar-refractivity contribution is 7.17. The highest BCUT2D eigenvalue weighted by Crippen LogP contribution is 2.37. The molecule has 17 heavy (non-hydrogen) atoms. The van der Waals surface area contributed by atoms with Gasteiger partial charge in [0.1, 0.15) is 0 Å². The fourth-order valence-corrected chi connectivity index (χ4v) is 3.71. The lowest BCUT2D eigenvalue weighted by Crippen LogP contribution is -2.33. The molecule has 0 spiro atoms. The fourth-order valence-electron chi connectivity index (χ4n) is 3.01. The van der Waals surface area contributed by atoms with Gasteiger partial charge in [0.2, 0.25) is 0 Å². The molecule has 0 aromatic heterocycles. The molecule has 102 valence electrons. The molecule has 1 aliphatic carbocycles. The van der Waals surface area contributed by atoms with E-state index in [1.165, 1.54) is 38.5 Å². The van der Waals surface area contributed by atoms with Gasteiger partial charge in [0.25, 0.3) is 0 Å². The number of hydrogen-bond donors (Lipinski definition) is 0. The maximum absolute atomic E-state index is 5.53. The van der Waals surface area contributed by atoms with Gasteiger partial charge in [0, 0.05) is 12.8 Å². The molecule has 0 aromatic carbocycles. The van der Waals surface area contributed by atoms with Crippen molar-refractivity contribution in [2.24, 2.45) is 17.8 Å². The summed E-state index contributed by atoms with van der Waals surface area (Å²) in [6.45, 7) is 7.14. The van der Waals surface area contributed by atoms with E-state index in [0.29, 0.717) is 11.8 Å². The standard InChI is InChI=1S/C15H31OP/c1-5-11(2)6-7-12(3)13-8-9-14(16-4)15(17)10-13/h11-15H,5-10,17H2,1-4H3. The number of methoxy groups -OCH3 is 1. The second-order valence-corrected chi connectivity index (χ2v) is 6.94. The summed E-state index contributed by atoms with van der Waals surface area (Å²) in [6, 6.07) is 0. The normalized spacial score (nSPS) is 33.4. The van der Waals surface area contributed by atoms with E-state index in [9.17, 15) is 0 Å². The van der Waals surface area contributed by atoms with Crippen molar-refractivity contribution in [3.63, 3.8) is 0 Å². The summed E-state index contributed by atoms with van der Waals surface area (Å²) in [4.78, 5) is 0. The van der Waals surface area contributed by atoms with Crippen LogP contribution in [0.3, 0.4) is 0 Å². The third kappa shape index (κ3) is 4.87. The van der Waals surface area contributed by atoms with Crippen molar-refractivity contribution in [3.8, 4) is 0 Å². The number of ether oxygens (including phenoxy) is 1. The molecule has 0 saturated heterocycles. The molecule has 6 unspecified atom stereocenters. The molecule has 0 bridgehead atoms. The van der Waals surface area contributed by atoms with Crippen molar-refractivity contribution in [3.05, 3.63) is 0 Å². The Morgan fingerprint density at radius 3 is 2.47 bits per heavy atom. The largest absolute Gasteiger partial charge is 0.381 e. The van der Waals surface area contributed by atoms with Gasteiger partial charge in [-0.1, -0.05) is 40.0 Å². The lowest BCUT2D eigenvalue weighted by atomic mass is 9.77. The summed E-state index contributed by atoms with van der Waals surface area (Å²) in [5, 5.41) is 0. The van der Waals surface area contributed by atoms with E-state index in [-0.39, 0.29) is 0 Å². The second-order valence-electron chi connectivity index (χ2n) is 6.08. The molecule has 1 nitrogen and oxygen atoms in total. The fraction of sp³-hybridized carbons (Fsp3) is 1.00. The quantitative estimate of drug-likeness (QED) is 0.637. The molecule has 0 aromatic rings. The number of rotatable bonds is 6. The van der Waals surface area contributed by atoms with E-state index >= 15 is 0 Å². The Labute approximate surface area is 110 Å². The van der Waals surface area contributed by atoms with E-state index < -0.39 is 0 Å². The van der Waals surface area contributed by atoms with Gasteiger partial charge in [-0.25, -0.2) is 0 Å². The van der Waals surface area contributed by atoms with Crippen molar-refractivity contribution in [1.29, 1.82) is 0 Å². The Morgan fingerprint density at radius 1 is 1.24 bits per heavy atom. The van der Waals surface area contributed by atoms with Crippen LogP contribution in [0.1, 0.15) is 59.3 Å². The van der Waals surface area contributed by atoms with Crippen LogP contribution in [0.4, 0.5) is 0 Å². The topological polar surface area (TPSA) is 9.23 Å². The Morgan fingerprint density at radius 2 is 1.94 bits per heavy atom. The minimum atomic E-state index is 0.484. The Kier molecular flexibility index (Phi) is 7.04. The van der Waals surface area contributed by atoms with Crippen molar-refractivity contribution < 1.29 is 4.74 Å². The van der Waals surface area contributed by atoms with Crippen LogP contribution in [-0.4, -0.2) is 18.9 Å². The molecule has 1 fully saturated rings. The average Bonchev–Trinajstić information content (AvgIpc) is 2.35. The van der Waals surface area contributed by atoms with Crippen LogP contribution in [0.2, 0.25) is 0 Å². The van der Waals surface area contributed by atoms with Crippen LogP contribution >= 0.6 is 9.24 Å². The summed E-state index contributed by atoms with van der Waals surface area (Å²) < 4.78 is 5.53. The van der Waals surface area contributed by atoms with Crippen LogP contribution < -0.4 is 0 Å². The van der Waals surface area contributed by atoms with Gasteiger partial charge in [-0.3, -0.25) is 0 Å². The third-order valence-electron chi connectivity index (χ3n) is 4.79. The van der Waals surface area contributed by atoms with Gasteiger partial charge in [0.05, 0.1) is 6.10 Å². The van der Waals surface area contributed by atoms with E-state index in [4.69, 9.17) is 4.74 Å². The predicted octanol–water partition coefficient (Wildman–Crippen LogP) is 4.51.